The van der Waals surface area contributed by atoms with E-state index in [4.69, 9.17) is 11.5 Å². The number of aromatic nitrogens is 4. The van der Waals surface area contributed by atoms with Gasteiger partial charge in [-0.3, -0.25) is 9.59 Å². The van der Waals surface area contributed by atoms with Crippen LogP contribution in [0.25, 0.3) is 22.5 Å². The molecule has 212 valence electrons. The lowest BCUT2D eigenvalue weighted by molar-refractivity contribution is -0.130. The number of nitrogens with zero attached hydrogens (tertiary/aromatic N) is 3. The van der Waals surface area contributed by atoms with Crippen molar-refractivity contribution in [2.75, 3.05) is 17.6 Å². The van der Waals surface area contributed by atoms with Crippen LogP contribution >= 0.6 is 0 Å². The number of aryl methyl sites for hydroxylation is 1. The maximum absolute atomic E-state index is 13.6. The summed E-state index contributed by atoms with van der Waals surface area (Å²) in [5.74, 6) is 0.446. The molecule has 1 atom stereocenters. The quantitative estimate of drug-likeness (QED) is 0.197. The van der Waals surface area contributed by atoms with E-state index in [9.17, 15) is 9.59 Å². The molecule has 7 N–H and O–H groups in total. The minimum absolute atomic E-state index is 0.0846. The monoisotopic (exact) mass is 552 g/mol. The fraction of sp³-hybridized carbons (Fsp3) is 0.323. The Morgan fingerprint density at radius 1 is 1.00 bits per heavy atom. The third-order valence-corrected chi connectivity index (χ3v) is 7.87. The predicted molar refractivity (Wildman–Crippen MR) is 159 cm³/mol. The molecular weight excluding hydrogens is 516 g/mol. The molecule has 10 nitrogen and oxygen atoms in total. The standard InChI is InChI=1S/C31H36N8O2/c1-19-15-25(33)11-14-27(19)24-4-2-3-21(16-24)17-28(35-30(40)23-7-5-20(18-32)6-8-23)31(41)34-26-12-9-22(10-13-26)29-36-38-39-37-29/h2-4,9-16,20,23,28H,5-8,17-18,32-33H2,1H3,(H,34,41)(H,35,40)(H,36,37,38,39)/t20?,23?,28-/m0/s1. The van der Waals surface area contributed by atoms with Gasteiger partial charge >= 0.3 is 0 Å². The first kappa shape index (κ1) is 28.0. The van der Waals surface area contributed by atoms with E-state index >= 15 is 0 Å². The first-order valence-corrected chi connectivity index (χ1v) is 14.0. The van der Waals surface area contributed by atoms with Crippen LogP contribution in [0.5, 0.6) is 0 Å². The van der Waals surface area contributed by atoms with Gasteiger partial charge in [-0.25, -0.2) is 0 Å². The Bertz CT molecular complexity index is 1480. The van der Waals surface area contributed by atoms with Crippen LogP contribution in [0.4, 0.5) is 11.4 Å². The second-order valence-corrected chi connectivity index (χ2v) is 10.8. The van der Waals surface area contributed by atoms with Crippen LogP contribution < -0.4 is 22.1 Å². The Balaban J connectivity index is 1.34. The van der Waals surface area contributed by atoms with Gasteiger partial charge in [-0.2, -0.15) is 5.21 Å². The highest BCUT2D eigenvalue weighted by molar-refractivity contribution is 5.97. The molecule has 0 bridgehead atoms. The summed E-state index contributed by atoms with van der Waals surface area (Å²) < 4.78 is 0. The number of hydrogen-bond donors (Lipinski definition) is 5. The molecule has 10 heteroatoms. The van der Waals surface area contributed by atoms with Crippen molar-refractivity contribution in [2.24, 2.45) is 17.6 Å². The van der Waals surface area contributed by atoms with Crippen molar-refractivity contribution in [3.8, 4) is 22.5 Å². The number of H-pyrrole nitrogens is 1. The normalized spacial score (nSPS) is 17.5. The van der Waals surface area contributed by atoms with E-state index in [2.05, 4.69) is 37.3 Å². The lowest BCUT2D eigenvalue weighted by Gasteiger charge is -2.28. The summed E-state index contributed by atoms with van der Waals surface area (Å²) in [6.07, 6.45) is 3.78. The number of carbonyl (C=O) groups excluding carboxylic acids is 2. The molecule has 0 saturated heterocycles. The molecule has 4 aromatic rings. The Labute approximate surface area is 239 Å². The first-order chi connectivity index (χ1) is 19.9. The third-order valence-electron chi connectivity index (χ3n) is 7.87. The molecule has 2 amide bonds. The maximum atomic E-state index is 13.6. The second kappa shape index (κ2) is 12.7. The van der Waals surface area contributed by atoms with Crippen molar-refractivity contribution in [1.82, 2.24) is 25.9 Å². The van der Waals surface area contributed by atoms with Gasteiger partial charge in [0.25, 0.3) is 0 Å². The van der Waals surface area contributed by atoms with E-state index in [1.807, 2.05) is 55.5 Å². The highest BCUT2D eigenvalue weighted by Crippen LogP contribution is 2.29. The zero-order chi connectivity index (χ0) is 28.8. The lowest BCUT2D eigenvalue weighted by atomic mass is 9.81. The van der Waals surface area contributed by atoms with E-state index in [0.29, 0.717) is 36.1 Å². The number of amides is 2. The van der Waals surface area contributed by atoms with Gasteiger partial charge in [0.1, 0.15) is 6.04 Å². The summed E-state index contributed by atoms with van der Waals surface area (Å²) in [6.45, 7) is 2.67. The molecule has 1 fully saturated rings. The molecular formula is C31H36N8O2. The van der Waals surface area contributed by atoms with Crippen molar-refractivity contribution >= 4 is 23.2 Å². The summed E-state index contributed by atoms with van der Waals surface area (Å²) in [5.41, 5.74) is 18.0. The van der Waals surface area contributed by atoms with Gasteiger partial charge in [0.05, 0.1) is 0 Å². The number of carbonyl (C=O) groups is 2. The van der Waals surface area contributed by atoms with Crippen molar-refractivity contribution < 1.29 is 9.59 Å². The maximum Gasteiger partial charge on any atom is 0.247 e. The molecule has 1 aliphatic rings. The van der Waals surface area contributed by atoms with Crippen molar-refractivity contribution in [1.29, 1.82) is 0 Å². The molecule has 3 aromatic carbocycles. The van der Waals surface area contributed by atoms with E-state index in [-0.39, 0.29) is 17.7 Å². The Morgan fingerprint density at radius 3 is 2.46 bits per heavy atom. The molecule has 1 aromatic heterocycles. The summed E-state index contributed by atoms with van der Waals surface area (Å²) in [7, 11) is 0. The molecule has 1 heterocycles. The van der Waals surface area contributed by atoms with Crippen LogP contribution in [0, 0.1) is 18.8 Å². The van der Waals surface area contributed by atoms with Crippen molar-refractivity contribution in [3.63, 3.8) is 0 Å². The zero-order valence-corrected chi connectivity index (χ0v) is 23.1. The van der Waals surface area contributed by atoms with Crippen LogP contribution in [0.3, 0.4) is 0 Å². The van der Waals surface area contributed by atoms with Crippen molar-refractivity contribution in [2.45, 2.75) is 45.1 Å². The minimum atomic E-state index is -0.755. The van der Waals surface area contributed by atoms with Crippen LogP contribution in [0.1, 0.15) is 36.8 Å². The van der Waals surface area contributed by atoms with Crippen LogP contribution in [-0.4, -0.2) is 45.0 Å². The number of hydrogen-bond acceptors (Lipinski definition) is 7. The zero-order valence-electron chi connectivity index (χ0n) is 23.1. The number of tetrazole rings is 1. The van der Waals surface area contributed by atoms with Crippen molar-refractivity contribution in [3.05, 3.63) is 77.9 Å². The molecule has 0 unspecified atom stereocenters. The van der Waals surface area contributed by atoms with E-state index in [1.54, 1.807) is 12.1 Å². The van der Waals surface area contributed by atoms with Gasteiger partial charge in [0.2, 0.25) is 17.6 Å². The van der Waals surface area contributed by atoms with Gasteiger partial charge in [-0.05, 0) is 109 Å². The van der Waals surface area contributed by atoms with Crippen LogP contribution in [0.15, 0.2) is 66.7 Å². The van der Waals surface area contributed by atoms with Gasteiger partial charge in [-0.15, -0.1) is 10.2 Å². The number of rotatable bonds is 9. The second-order valence-electron chi connectivity index (χ2n) is 10.8. The average Bonchev–Trinajstić information content (AvgIpc) is 3.52. The Kier molecular flexibility index (Phi) is 8.69. The van der Waals surface area contributed by atoms with Gasteiger partial charge < -0.3 is 22.1 Å². The van der Waals surface area contributed by atoms with Gasteiger partial charge in [0, 0.05) is 29.3 Å². The molecule has 0 radical (unpaired) electrons. The molecule has 1 aliphatic carbocycles. The van der Waals surface area contributed by atoms with Gasteiger partial charge in [-0.1, -0.05) is 30.3 Å². The fourth-order valence-corrected chi connectivity index (χ4v) is 5.49. The smallest absolute Gasteiger partial charge is 0.247 e. The largest absolute Gasteiger partial charge is 0.399 e. The number of nitrogen functional groups attached to an aromatic ring is 1. The van der Waals surface area contributed by atoms with E-state index in [1.165, 1.54) is 0 Å². The number of nitrogens with one attached hydrogen (secondary N) is 3. The number of aromatic amines is 1. The summed E-state index contributed by atoms with van der Waals surface area (Å²) >= 11 is 0. The average molecular weight is 553 g/mol. The molecule has 0 aliphatic heterocycles. The summed E-state index contributed by atoms with van der Waals surface area (Å²) in [4.78, 5) is 26.9. The fourth-order valence-electron chi connectivity index (χ4n) is 5.49. The highest BCUT2D eigenvalue weighted by Gasteiger charge is 2.29. The van der Waals surface area contributed by atoms with Gasteiger partial charge in [0.15, 0.2) is 0 Å². The van der Waals surface area contributed by atoms with Crippen LogP contribution in [-0.2, 0) is 16.0 Å². The van der Waals surface area contributed by atoms with E-state index < -0.39 is 6.04 Å². The summed E-state index contributed by atoms with van der Waals surface area (Å²) in [6, 6.07) is 20.3. The Hall–Kier alpha value is -4.57. The number of anilines is 2. The molecule has 0 spiro atoms. The highest BCUT2D eigenvalue weighted by atomic mass is 16.2. The van der Waals surface area contributed by atoms with E-state index in [0.717, 1.165) is 53.5 Å². The molecule has 5 rings (SSSR count). The number of benzene rings is 3. The summed E-state index contributed by atoms with van der Waals surface area (Å²) in [5, 5.41) is 20.0. The minimum Gasteiger partial charge on any atom is -0.399 e. The number of nitrogens with two attached hydrogens (primary N) is 2. The molecule has 1 saturated carbocycles. The Morgan fingerprint density at radius 2 is 1.78 bits per heavy atom. The third kappa shape index (κ3) is 6.96. The predicted octanol–water partition coefficient (Wildman–Crippen LogP) is 3.86. The van der Waals surface area contributed by atoms with Crippen LogP contribution in [0.2, 0.25) is 0 Å². The SMILES string of the molecule is Cc1cc(N)ccc1-c1cccc(C[C@H](NC(=O)C2CCC(CN)CC2)C(=O)Nc2ccc(-c3nn[nH]n3)cc2)c1. The topological polar surface area (TPSA) is 165 Å². The lowest BCUT2D eigenvalue weighted by Crippen LogP contribution is -2.48. The first-order valence-electron chi connectivity index (χ1n) is 14.0. The molecule has 41 heavy (non-hydrogen) atoms.